The SMILES string of the molecule is CC(=O)N(CC(=O)Nc1ccc(C)cc1C)Cc1ccccc1. The minimum atomic E-state index is -0.192. The minimum absolute atomic E-state index is 0.0392. The van der Waals surface area contributed by atoms with Crippen molar-refractivity contribution in [3.8, 4) is 0 Å². The van der Waals surface area contributed by atoms with Crippen molar-refractivity contribution in [2.75, 3.05) is 11.9 Å². The maximum Gasteiger partial charge on any atom is 0.244 e. The first-order valence-corrected chi connectivity index (χ1v) is 7.62. The van der Waals surface area contributed by atoms with Gasteiger partial charge in [0, 0.05) is 19.2 Å². The fraction of sp³-hybridized carbons (Fsp3) is 0.263. The average Bonchev–Trinajstić information content (AvgIpc) is 2.50. The number of carbonyl (C=O) groups is 2. The van der Waals surface area contributed by atoms with Crippen LogP contribution in [0.25, 0.3) is 0 Å². The highest BCUT2D eigenvalue weighted by Crippen LogP contribution is 2.16. The highest BCUT2D eigenvalue weighted by molar-refractivity contribution is 5.94. The van der Waals surface area contributed by atoms with Crippen LogP contribution in [0.2, 0.25) is 0 Å². The lowest BCUT2D eigenvalue weighted by atomic mass is 10.1. The topological polar surface area (TPSA) is 49.4 Å². The van der Waals surface area contributed by atoms with Crippen molar-refractivity contribution in [3.63, 3.8) is 0 Å². The second kappa shape index (κ2) is 7.58. The number of benzene rings is 2. The van der Waals surface area contributed by atoms with E-state index in [0.29, 0.717) is 6.54 Å². The lowest BCUT2D eigenvalue weighted by Crippen LogP contribution is -2.36. The number of hydrogen-bond acceptors (Lipinski definition) is 2. The second-order valence-electron chi connectivity index (χ2n) is 5.73. The van der Waals surface area contributed by atoms with E-state index in [1.165, 1.54) is 11.8 Å². The van der Waals surface area contributed by atoms with Crippen molar-refractivity contribution in [2.45, 2.75) is 27.3 Å². The molecule has 0 unspecified atom stereocenters. The summed E-state index contributed by atoms with van der Waals surface area (Å²) in [6.07, 6.45) is 0. The molecule has 2 rings (SSSR count). The molecule has 0 saturated carbocycles. The number of rotatable bonds is 5. The Morgan fingerprint density at radius 1 is 1.04 bits per heavy atom. The van der Waals surface area contributed by atoms with Crippen LogP contribution in [-0.2, 0) is 16.1 Å². The maximum atomic E-state index is 12.2. The van der Waals surface area contributed by atoms with Gasteiger partial charge in [0.1, 0.15) is 6.54 Å². The summed E-state index contributed by atoms with van der Waals surface area (Å²) in [4.78, 5) is 25.6. The van der Waals surface area contributed by atoms with Gasteiger partial charge in [-0.25, -0.2) is 0 Å². The molecule has 0 aliphatic heterocycles. The molecule has 0 bridgehead atoms. The van der Waals surface area contributed by atoms with Crippen molar-refractivity contribution in [1.82, 2.24) is 4.90 Å². The zero-order valence-corrected chi connectivity index (χ0v) is 13.8. The van der Waals surface area contributed by atoms with E-state index in [9.17, 15) is 9.59 Å². The Kier molecular flexibility index (Phi) is 5.52. The average molecular weight is 310 g/mol. The van der Waals surface area contributed by atoms with Crippen LogP contribution in [-0.4, -0.2) is 23.3 Å². The first-order valence-electron chi connectivity index (χ1n) is 7.62. The molecule has 0 aliphatic rings. The fourth-order valence-electron chi connectivity index (χ4n) is 2.40. The smallest absolute Gasteiger partial charge is 0.244 e. The normalized spacial score (nSPS) is 10.2. The molecule has 2 aromatic carbocycles. The maximum absolute atomic E-state index is 12.2. The third-order valence-corrected chi connectivity index (χ3v) is 3.65. The minimum Gasteiger partial charge on any atom is -0.329 e. The Bertz CT molecular complexity index is 696. The van der Waals surface area contributed by atoms with Gasteiger partial charge in [0.2, 0.25) is 11.8 Å². The Hall–Kier alpha value is -2.62. The molecule has 0 saturated heterocycles. The number of carbonyl (C=O) groups excluding carboxylic acids is 2. The van der Waals surface area contributed by atoms with Gasteiger partial charge < -0.3 is 10.2 Å². The molecule has 1 N–H and O–H groups in total. The molecule has 23 heavy (non-hydrogen) atoms. The summed E-state index contributed by atoms with van der Waals surface area (Å²) in [6, 6.07) is 15.5. The second-order valence-corrected chi connectivity index (χ2v) is 5.73. The number of nitrogens with zero attached hydrogens (tertiary/aromatic N) is 1. The molecule has 0 radical (unpaired) electrons. The van der Waals surface area contributed by atoms with Crippen LogP contribution in [0.5, 0.6) is 0 Å². The van der Waals surface area contributed by atoms with Gasteiger partial charge in [-0.3, -0.25) is 9.59 Å². The lowest BCUT2D eigenvalue weighted by molar-refractivity contribution is -0.133. The number of amides is 2. The molecule has 4 heteroatoms. The van der Waals surface area contributed by atoms with E-state index in [1.54, 1.807) is 0 Å². The van der Waals surface area contributed by atoms with E-state index in [-0.39, 0.29) is 18.4 Å². The quantitative estimate of drug-likeness (QED) is 0.921. The summed E-state index contributed by atoms with van der Waals surface area (Å²) in [5, 5.41) is 2.88. The van der Waals surface area contributed by atoms with E-state index in [1.807, 2.05) is 62.4 Å². The molecule has 120 valence electrons. The molecular weight excluding hydrogens is 288 g/mol. The summed E-state index contributed by atoms with van der Waals surface area (Å²) in [5.74, 6) is -0.312. The zero-order valence-electron chi connectivity index (χ0n) is 13.8. The van der Waals surface area contributed by atoms with Crippen LogP contribution in [0.4, 0.5) is 5.69 Å². The molecule has 0 aliphatic carbocycles. The number of anilines is 1. The molecule has 4 nitrogen and oxygen atoms in total. The largest absolute Gasteiger partial charge is 0.329 e. The van der Waals surface area contributed by atoms with Gasteiger partial charge in [0.15, 0.2) is 0 Å². The van der Waals surface area contributed by atoms with E-state index in [2.05, 4.69) is 5.32 Å². The Balaban J connectivity index is 2.02. The van der Waals surface area contributed by atoms with Crippen LogP contribution in [0.3, 0.4) is 0 Å². The van der Waals surface area contributed by atoms with Crippen molar-refractivity contribution < 1.29 is 9.59 Å². The standard InChI is InChI=1S/C19H22N2O2/c1-14-9-10-18(15(2)11-14)20-19(23)13-21(16(3)22)12-17-7-5-4-6-8-17/h4-11H,12-13H2,1-3H3,(H,20,23). The van der Waals surface area contributed by atoms with Crippen LogP contribution < -0.4 is 5.32 Å². The number of aryl methyl sites for hydroxylation is 2. The molecule has 0 fully saturated rings. The van der Waals surface area contributed by atoms with Crippen molar-refractivity contribution in [2.24, 2.45) is 0 Å². The summed E-state index contributed by atoms with van der Waals surface area (Å²) in [6.45, 7) is 5.91. The number of nitrogens with one attached hydrogen (secondary N) is 1. The van der Waals surface area contributed by atoms with Gasteiger partial charge in [-0.1, -0.05) is 48.0 Å². The summed E-state index contributed by atoms with van der Waals surface area (Å²) < 4.78 is 0. The Morgan fingerprint density at radius 2 is 1.74 bits per heavy atom. The summed E-state index contributed by atoms with van der Waals surface area (Å²) in [5.41, 5.74) is 3.94. The molecule has 0 heterocycles. The third kappa shape index (κ3) is 4.95. The molecule has 0 atom stereocenters. The highest BCUT2D eigenvalue weighted by atomic mass is 16.2. The van der Waals surface area contributed by atoms with Gasteiger partial charge in [-0.2, -0.15) is 0 Å². The van der Waals surface area contributed by atoms with Crippen molar-refractivity contribution >= 4 is 17.5 Å². The fourth-order valence-corrected chi connectivity index (χ4v) is 2.40. The van der Waals surface area contributed by atoms with Crippen LogP contribution in [0, 0.1) is 13.8 Å². The predicted octanol–water partition coefficient (Wildman–Crippen LogP) is 3.29. The van der Waals surface area contributed by atoms with Gasteiger partial charge in [0.05, 0.1) is 0 Å². The summed E-state index contributed by atoms with van der Waals surface area (Å²) in [7, 11) is 0. The van der Waals surface area contributed by atoms with E-state index >= 15 is 0 Å². The monoisotopic (exact) mass is 310 g/mol. The molecule has 0 aromatic heterocycles. The molecule has 0 spiro atoms. The summed E-state index contributed by atoms with van der Waals surface area (Å²) >= 11 is 0. The van der Waals surface area contributed by atoms with E-state index in [0.717, 1.165) is 22.4 Å². The molecular formula is C19H22N2O2. The zero-order chi connectivity index (χ0) is 16.8. The van der Waals surface area contributed by atoms with Gasteiger partial charge in [-0.15, -0.1) is 0 Å². The van der Waals surface area contributed by atoms with Gasteiger partial charge in [-0.05, 0) is 31.0 Å². The van der Waals surface area contributed by atoms with Gasteiger partial charge >= 0.3 is 0 Å². The molecule has 2 amide bonds. The first-order chi connectivity index (χ1) is 11.0. The van der Waals surface area contributed by atoms with E-state index in [4.69, 9.17) is 0 Å². The molecule has 2 aromatic rings. The number of hydrogen-bond donors (Lipinski definition) is 1. The van der Waals surface area contributed by atoms with Crippen molar-refractivity contribution in [1.29, 1.82) is 0 Å². The predicted molar refractivity (Wildman–Crippen MR) is 92.1 cm³/mol. The van der Waals surface area contributed by atoms with E-state index < -0.39 is 0 Å². The highest BCUT2D eigenvalue weighted by Gasteiger charge is 2.14. The third-order valence-electron chi connectivity index (χ3n) is 3.65. The lowest BCUT2D eigenvalue weighted by Gasteiger charge is -2.21. The first kappa shape index (κ1) is 16.7. The van der Waals surface area contributed by atoms with Crippen molar-refractivity contribution in [3.05, 3.63) is 65.2 Å². The van der Waals surface area contributed by atoms with Gasteiger partial charge in [0.25, 0.3) is 0 Å². The van der Waals surface area contributed by atoms with Crippen LogP contribution in [0.1, 0.15) is 23.6 Å². The van der Waals surface area contributed by atoms with Crippen LogP contribution >= 0.6 is 0 Å². The Labute approximate surface area is 137 Å². The van der Waals surface area contributed by atoms with Crippen LogP contribution in [0.15, 0.2) is 48.5 Å². The Morgan fingerprint density at radius 3 is 2.35 bits per heavy atom.